The molecule has 0 aliphatic heterocycles. The van der Waals surface area contributed by atoms with Crippen molar-refractivity contribution in [1.29, 1.82) is 0 Å². The maximum Gasteiger partial charge on any atom is 0.356 e. The van der Waals surface area contributed by atoms with Gasteiger partial charge in [0.05, 0.1) is 10.7 Å². The zero-order chi connectivity index (χ0) is 14.2. The van der Waals surface area contributed by atoms with E-state index in [9.17, 15) is 4.79 Å². The van der Waals surface area contributed by atoms with Crippen molar-refractivity contribution in [3.63, 3.8) is 0 Å². The van der Waals surface area contributed by atoms with Crippen LogP contribution in [0.5, 0.6) is 0 Å². The number of nitrogens with zero attached hydrogens (tertiary/aromatic N) is 2. The standard InChI is InChI=1S/C13H12Cl2N2O2/c1-7(2)12-6-10(13(18)19)16-17(12)11-4-3-8(14)5-9(11)15/h3-7H,1-2H3,(H,18,19). The Hall–Kier alpha value is -1.52. The Morgan fingerprint density at radius 3 is 2.53 bits per heavy atom. The lowest BCUT2D eigenvalue weighted by Crippen LogP contribution is -2.05. The summed E-state index contributed by atoms with van der Waals surface area (Å²) in [6.45, 7) is 3.92. The first kappa shape index (κ1) is 13.9. The third kappa shape index (κ3) is 2.74. The summed E-state index contributed by atoms with van der Waals surface area (Å²) in [7, 11) is 0. The molecule has 2 rings (SSSR count). The molecule has 1 N–H and O–H groups in total. The van der Waals surface area contributed by atoms with E-state index >= 15 is 0 Å². The van der Waals surface area contributed by atoms with Gasteiger partial charge >= 0.3 is 5.97 Å². The van der Waals surface area contributed by atoms with Crippen molar-refractivity contribution in [1.82, 2.24) is 9.78 Å². The summed E-state index contributed by atoms with van der Waals surface area (Å²) in [4.78, 5) is 11.0. The van der Waals surface area contributed by atoms with Crippen LogP contribution >= 0.6 is 23.2 Å². The molecule has 100 valence electrons. The molecule has 0 saturated heterocycles. The predicted octanol–water partition coefficient (Wildman–Crippen LogP) is 4.00. The summed E-state index contributed by atoms with van der Waals surface area (Å²) in [5.41, 5.74) is 1.39. The van der Waals surface area contributed by atoms with Crippen molar-refractivity contribution in [2.45, 2.75) is 19.8 Å². The Labute approximate surface area is 120 Å². The summed E-state index contributed by atoms with van der Waals surface area (Å²) in [5.74, 6) is -0.946. The van der Waals surface area contributed by atoms with Gasteiger partial charge in [-0.3, -0.25) is 0 Å². The summed E-state index contributed by atoms with van der Waals surface area (Å²) >= 11 is 12.0. The van der Waals surface area contributed by atoms with E-state index < -0.39 is 5.97 Å². The number of rotatable bonds is 3. The molecule has 0 unspecified atom stereocenters. The minimum Gasteiger partial charge on any atom is -0.476 e. The minimum absolute atomic E-state index is 0.00489. The normalized spacial score (nSPS) is 11.0. The van der Waals surface area contributed by atoms with Gasteiger partial charge < -0.3 is 5.11 Å². The van der Waals surface area contributed by atoms with Gasteiger partial charge in [0.25, 0.3) is 0 Å². The Morgan fingerprint density at radius 2 is 2.00 bits per heavy atom. The maximum absolute atomic E-state index is 11.0. The molecular weight excluding hydrogens is 287 g/mol. The summed E-state index contributed by atoms with van der Waals surface area (Å²) in [5, 5.41) is 14.1. The van der Waals surface area contributed by atoms with Crippen molar-refractivity contribution in [2.75, 3.05) is 0 Å². The molecule has 0 spiro atoms. The van der Waals surface area contributed by atoms with Crippen LogP contribution in [0.3, 0.4) is 0 Å². The lowest BCUT2D eigenvalue weighted by molar-refractivity contribution is 0.0690. The lowest BCUT2D eigenvalue weighted by atomic mass is 10.1. The number of carbonyl (C=O) groups is 1. The monoisotopic (exact) mass is 298 g/mol. The SMILES string of the molecule is CC(C)c1cc(C(=O)O)nn1-c1ccc(Cl)cc1Cl. The summed E-state index contributed by atoms with van der Waals surface area (Å²) < 4.78 is 1.55. The average molecular weight is 299 g/mol. The number of hydrogen-bond donors (Lipinski definition) is 1. The molecule has 0 atom stereocenters. The first-order valence-corrected chi connectivity index (χ1v) is 6.44. The highest BCUT2D eigenvalue weighted by Crippen LogP contribution is 2.27. The molecule has 1 aromatic heterocycles. The number of benzene rings is 1. The molecule has 0 amide bonds. The number of aromatic nitrogens is 2. The van der Waals surface area contributed by atoms with Crippen LogP contribution < -0.4 is 0 Å². The first-order chi connectivity index (χ1) is 8.90. The van der Waals surface area contributed by atoms with Crippen molar-refractivity contribution in [3.05, 3.63) is 45.7 Å². The van der Waals surface area contributed by atoms with Gasteiger partial charge in [0.15, 0.2) is 5.69 Å². The lowest BCUT2D eigenvalue weighted by Gasteiger charge is -2.11. The van der Waals surface area contributed by atoms with Gasteiger partial charge in [-0.05, 0) is 30.2 Å². The molecule has 0 fully saturated rings. The van der Waals surface area contributed by atoms with Crippen molar-refractivity contribution in [3.8, 4) is 5.69 Å². The summed E-state index contributed by atoms with van der Waals surface area (Å²) in [6.07, 6.45) is 0. The van der Waals surface area contributed by atoms with Gasteiger partial charge in [0.1, 0.15) is 0 Å². The third-order valence-corrected chi connectivity index (χ3v) is 3.22. The van der Waals surface area contributed by atoms with E-state index in [1.54, 1.807) is 28.9 Å². The second kappa shape index (κ2) is 5.23. The third-order valence-electron chi connectivity index (χ3n) is 2.69. The van der Waals surface area contributed by atoms with E-state index in [4.69, 9.17) is 28.3 Å². The van der Waals surface area contributed by atoms with Crippen LogP contribution in [0.1, 0.15) is 35.9 Å². The molecule has 0 bridgehead atoms. The zero-order valence-electron chi connectivity index (χ0n) is 10.4. The highest BCUT2D eigenvalue weighted by atomic mass is 35.5. The highest BCUT2D eigenvalue weighted by molar-refractivity contribution is 6.35. The van der Waals surface area contributed by atoms with Crippen molar-refractivity contribution in [2.24, 2.45) is 0 Å². The number of carboxylic acids is 1. The topological polar surface area (TPSA) is 55.1 Å². The molecule has 0 aliphatic rings. The first-order valence-electron chi connectivity index (χ1n) is 5.69. The second-order valence-corrected chi connectivity index (χ2v) is 5.27. The van der Waals surface area contributed by atoms with Crippen molar-refractivity contribution >= 4 is 29.2 Å². The van der Waals surface area contributed by atoms with Gasteiger partial charge in [-0.25, -0.2) is 9.48 Å². The van der Waals surface area contributed by atoms with Crippen LogP contribution in [0.15, 0.2) is 24.3 Å². The fraction of sp³-hybridized carbons (Fsp3) is 0.231. The highest BCUT2D eigenvalue weighted by Gasteiger charge is 2.18. The molecule has 0 saturated carbocycles. The van der Waals surface area contributed by atoms with Crippen LogP contribution in [-0.2, 0) is 0 Å². The Balaban J connectivity index is 2.63. The van der Waals surface area contributed by atoms with Crippen molar-refractivity contribution < 1.29 is 9.90 Å². The molecule has 2 aromatic rings. The average Bonchev–Trinajstić information content (AvgIpc) is 2.73. The molecule has 1 heterocycles. The molecule has 6 heteroatoms. The van der Waals surface area contributed by atoms with Crippen LogP contribution in [-0.4, -0.2) is 20.9 Å². The van der Waals surface area contributed by atoms with E-state index in [1.807, 2.05) is 13.8 Å². The van der Waals surface area contributed by atoms with Gasteiger partial charge in [-0.15, -0.1) is 0 Å². The van der Waals surface area contributed by atoms with E-state index in [2.05, 4.69) is 5.10 Å². The number of halogens is 2. The van der Waals surface area contributed by atoms with Gasteiger partial charge in [0, 0.05) is 10.7 Å². The maximum atomic E-state index is 11.0. The van der Waals surface area contributed by atoms with Gasteiger partial charge in [-0.2, -0.15) is 5.10 Å². The van der Waals surface area contributed by atoms with Gasteiger partial charge in [0.2, 0.25) is 0 Å². The van der Waals surface area contributed by atoms with E-state index in [1.165, 1.54) is 0 Å². The molecule has 4 nitrogen and oxygen atoms in total. The van der Waals surface area contributed by atoms with Crippen LogP contribution in [0, 0.1) is 0 Å². The summed E-state index contributed by atoms with van der Waals surface area (Å²) in [6, 6.07) is 6.56. The van der Waals surface area contributed by atoms with E-state index in [-0.39, 0.29) is 11.6 Å². The van der Waals surface area contributed by atoms with Crippen LogP contribution in [0.2, 0.25) is 10.0 Å². The fourth-order valence-corrected chi connectivity index (χ4v) is 2.25. The fourth-order valence-electron chi connectivity index (χ4n) is 1.76. The molecular formula is C13H12Cl2N2O2. The quantitative estimate of drug-likeness (QED) is 0.932. The largest absolute Gasteiger partial charge is 0.476 e. The smallest absolute Gasteiger partial charge is 0.356 e. The Bertz CT molecular complexity index is 636. The van der Waals surface area contributed by atoms with Crippen LogP contribution in [0.4, 0.5) is 0 Å². The minimum atomic E-state index is -1.06. The van der Waals surface area contributed by atoms with E-state index in [0.717, 1.165) is 5.69 Å². The van der Waals surface area contributed by atoms with E-state index in [0.29, 0.717) is 15.7 Å². The second-order valence-electron chi connectivity index (χ2n) is 4.42. The number of hydrogen-bond acceptors (Lipinski definition) is 2. The van der Waals surface area contributed by atoms with Gasteiger partial charge in [-0.1, -0.05) is 37.0 Å². The molecule has 0 radical (unpaired) electrons. The predicted molar refractivity (Wildman–Crippen MR) is 74.6 cm³/mol. The number of aromatic carboxylic acids is 1. The molecule has 0 aliphatic carbocycles. The Morgan fingerprint density at radius 1 is 1.32 bits per heavy atom. The Kier molecular flexibility index (Phi) is 3.83. The van der Waals surface area contributed by atoms with Crippen LogP contribution in [0.25, 0.3) is 5.69 Å². The number of carboxylic acid groups (broad SMARTS) is 1. The molecule has 19 heavy (non-hydrogen) atoms. The molecule has 1 aromatic carbocycles. The zero-order valence-corrected chi connectivity index (χ0v) is 11.9.